The van der Waals surface area contributed by atoms with E-state index < -0.39 is 27.7 Å². The molecule has 0 saturated carbocycles. The van der Waals surface area contributed by atoms with Gasteiger partial charge in [0.15, 0.2) is 0 Å². The highest BCUT2D eigenvalue weighted by Crippen LogP contribution is 2.31. The van der Waals surface area contributed by atoms with E-state index in [4.69, 9.17) is 0 Å². The van der Waals surface area contributed by atoms with Gasteiger partial charge in [-0.3, -0.25) is 9.52 Å². The number of carbonyl (C=O) groups excluding carboxylic acids is 1. The first-order chi connectivity index (χ1) is 12.5. The highest BCUT2D eigenvalue weighted by Gasteiger charge is 2.30. The number of benzene rings is 2. The average Bonchev–Trinajstić information content (AvgIpc) is 2.60. The maximum absolute atomic E-state index is 12.8. The summed E-state index contributed by atoms with van der Waals surface area (Å²) in [4.78, 5) is 11.9. The second-order valence-electron chi connectivity index (χ2n) is 5.99. The molecule has 0 saturated heterocycles. The fourth-order valence-corrected chi connectivity index (χ4v) is 3.28. The van der Waals surface area contributed by atoms with Gasteiger partial charge in [-0.2, -0.15) is 13.2 Å². The standard InChI is InChI=1S/C18H19F3N2O3S/c1-3-12(2)22-17(24)13-6-4-9-16(10-13)27(25,26)23-15-8-5-7-14(11-15)18(19,20)21/h4-12,23H,3H2,1-2H3,(H,22,24). The lowest BCUT2D eigenvalue weighted by Crippen LogP contribution is -2.32. The summed E-state index contributed by atoms with van der Waals surface area (Å²) in [5.41, 5.74) is -1.05. The predicted octanol–water partition coefficient (Wildman–Crippen LogP) is 4.03. The topological polar surface area (TPSA) is 75.3 Å². The SMILES string of the molecule is CCC(C)NC(=O)c1cccc(S(=O)(=O)Nc2cccc(C(F)(F)F)c2)c1. The highest BCUT2D eigenvalue weighted by molar-refractivity contribution is 7.92. The number of halogens is 3. The predicted molar refractivity (Wildman–Crippen MR) is 95.9 cm³/mol. The molecule has 1 unspecified atom stereocenters. The molecule has 0 aliphatic heterocycles. The molecule has 146 valence electrons. The Labute approximate surface area is 155 Å². The van der Waals surface area contributed by atoms with Gasteiger partial charge < -0.3 is 5.32 Å². The van der Waals surface area contributed by atoms with Crippen LogP contribution >= 0.6 is 0 Å². The van der Waals surface area contributed by atoms with Crippen LogP contribution in [-0.4, -0.2) is 20.4 Å². The number of amides is 1. The first-order valence-corrected chi connectivity index (χ1v) is 9.62. The quantitative estimate of drug-likeness (QED) is 0.769. The van der Waals surface area contributed by atoms with Gasteiger partial charge in [0, 0.05) is 17.3 Å². The van der Waals surface area contributed by atoms with Crippen LogP contribution in [0, 0.1) is 0 Å². The van der Waals surface area contributed by atoms with Crippen molar-refractivity contribution in [2.75, 3.05) is 4.72 Å². The van der Waals surface area contributed by atoms with E-state index in [9.17, 15) is 26.4 Å². The first-order valence-electron chi connectivity index (χ1n) is 8.14. The summed E-state index contributed by atoms with van der Waals surface area (Å²) in [5.74, 6) is -0.430. The summed E-state index contributed by atoms with van der Waals surface area (Å²) in [7, 11) is -4.16. The van der Waals surface area contributed by atoms with Crippen molar-refractivity contribution in [3.8, 4) is 0 Å². The molecule has 0 aromatic heterocycles. The maximum atomic E-state index is 12.8. The van der Waals surface area contributed by atoms with Crippen molar-refractivity contribution in [3.05, 3.63) is 59.7 Å². The molecule has 1 atom stereocenters. The molecule has 5 nitrogen and oxygen atoms in total. The number of hydrogen-bond acceptors (Lipinski definition) is 3. The number of alkyl halides is 3. The molecular formula is C18H19F3N2O3S. The van der Waals surface area contributed by atoms with Crippen LogP contribution in [0.5, 0.6) is 0 Å². The van der Waals surface area contributed by atoms with Crippen LogP contribution in [0.3, 0.4) is 0 Å². The van der Waals surface area contributed by atoms with Crippen molar-refractivity contribution in [1.82, 2.24) is 5.32 Å². The van der Waals surface area contributed by atoms with E-state index in [0.717, 1.165) is 12.1 Å². The zero-order chi connectivity index (χ0) is 20.2. The number of sulfonamides is 1. The second-order valence-corrected chi connectivity index (χ2v) is 7.68. The Kier molecular flexibility index (Phi) is 6.15. The molecule has 0 bridgehead atoms. The lowest BCUT2D eigenvalue weighted by atomic mass is 10.2. The number of rotatable bonds is 6. The fourth-order valence-electron chi connectivity index (χ4n) is 2.19. The highest BCUT2D eigenvalue weighted by atomic mass is 32.2. The molecule has 27 heavy (non-hydrogen) atoms. The number of anilines is 1. The van der Waals surface area contributed by atoms with E-state index >= 15 is 0 Å². The molecule has 0 spiro atoms. The summed E-state index contributed by atoms with van der Waals surface area (Å²) >= 11 is 0. The van der Waals surface area contributed by atoms with Crippen LogP contribution in [0.4, 0.5) is 18.9 Å². The third-order valence-electron chi connectivity index (χ3n) is 3.84. The van der Waals surface area contributed by atoms with Gasteiger partial charge in [0.1, 0.15) is 0 Å². The van der Waals surface area contributed by atoms with Gasteiger partial charge >= 0.3 is 6.18 Å². The van der Waals surface area contributed by atoms with E-state index in [1.165, 1.54) is 30.3 Å². The van der Waals surface area contributed by atoms with Crippen LogP contribution in [-0.2, 0) is 16.2 Å². The molecule has 2 N–H and O–H groups in total. The van der Waals surface area contributed by atoms with Crippen molar-refractivity contribution >= 4 is 21.6 Å². The minimum absolute atomic E-state index is 0.0824. The number of hydrogen-bond donors (Lipinski definition) is 2. The minimum Gasteiger partial charge on any atom is -0.350 e. The molecule has 0 radical (unpaired) electrons. The van der Waals surface area contributed by atoms with Crippen LogP contribution in [0.1, 0.15) is 36.2 Å². The van der Waals surface area contributed by atoms with Crippen LogP contribution in [0.15, 0.2) is 53.4 Å². The number of carbonyl (C=O) groups is 1. The van der Waals surface area contributed by atoms with Crippen molar-refractivity contribution in [2.45, 2.75) is 37.4 Å². The van der Waals surface area contributed by atoms with E-state index in [0.29, 0.717) is 12.5 Å². The molecule has 2 aromatic carbocycles. The Balaban J connectivity index is 2.27. The zero-order valence-corrected chi connectivity index (χ0v) is 15.5. The van der Waals surface area contributed by atoms with Crippen LogP contribution in [0.25, 0.3) is 0 Å². The lowest BCUT2D eigenvalue weighted by Gasteiger charge is -2.13. The van der Waals surface area contributed by atoms with Gasteiger partial charge in [-0.05, 0) is 49.7 Å². The van der Waals surface area contributed by atoms with E-state index in [2.05, 4.69) is 10.0 Å². The molecule has 1 amide bonds. The normalized spacial score (nSPS) is 13.1. The smallest absolute Gasteiger partial charge is 0.350 e. The second kappa shape index (κ2) is 7.99. The van der Waals surface area contributed by atoms with E-state index in [1.54, 1.807) is 0 Å². The summed E-state index contributed by atoms with van der Waals surface area (Å²) < 4.78 is 65.4. The Hall–Kier alpha value is -2.55. The molecule has 0 fully saturated rings. The Morgan fingerprint density at radius 2 is 1.78 bits per heavy atom. The van der Waals surface area contributed by atoms with Gasteiger partial charge in [0.2, 0.25) is 0 Å². The van der Waals surface area contributed by atoms with Crippen molar-refractivity contribution in [2.24, 2.45) is 0 Å². The van der Waals surface area contributed by atoms with Crippen molar-refractivity contribution in [3.63, 3.8) is 0 Å². The molecule has 9 heteroatoms. The zero-order valence-electron chi connectivity index (χ0n) is 14.7. The largest absolute Gasteiger partial charge is 0.416 e. The van der Waals surface area contributed by atoms with Crippen molar-refractivity contribution in [1.29, 1.82) is 0 Å². The molecule has 2 aromatic rings. The van der Waals surface area contributed by atoms with Crippen LogP contribution < -0.4 is 10.0 Å². The molecule has 0 heterocycles. The summed E-state index contributed by atoms with van der Waals surface area (Å²) in [6.45, 7) is 3.71. The fraction of sp³-hybridized carbons (Fsp3) is 0.278. The van der Waals surface area contributed by atoms with Gasteiger partial charge in [-0.1, -0.05) is 19.1 Å². The van der Waals surface area contributed by atoms with Gasteiger partial charge in [0.25, 0.3) is 15.9 Å². The summed E-state index contributed by atoms with van der Waals surface area (Å²) in [6, 6.07) is 9.08. The number of nitrogens with one attached hydrogen (secondary N) is 2. The molecular weight excluding hydrogens is 381 g/mol. The summed E-state index contributed by atoms with van der Waals surface area (Å²) in [5, 5.41) is 2.72. The van der Waals surface area contributed by atoms with Crippen molar-refractivity contribution < 1.29 is 26.4 Å². The lowest BCUT2D eigenvalue weighted by molar-refractivity contribution is -0.137. The van der Waals surface area contributed by atoms with Crippen LogP contribution in [0.2, 0.25) is 0 Å². The summed E-state index contributed by atoms with van der Waals surface area (Å²) in [6.07, 6.45) is -3.88. The Morgan fingerprint density at radius 1 is 1.11 bits per heavy atom. The molecule has 2 rings (SSSR count). The molecule has 0 aliphatic carbocycles. The van der Waals surface area contributed by atoms with E-state index in [-0.39, 0.29) is 22.2 Å². The molecule has 0 aliphatic rings. The Morgan fingerprint density at radius 3 is 2.41 bits per heavy atom. The van der Waals surface area contributed by atoms with Gasteiger partial charge in [-0.15, -0.1) is 0 Å². The monoisotopic (exact) mass is 400 g/mol. The minimum atomic E-state index is -4.59. The van der Waals surface area contributed by atoms with E-state index in [1.807, 2.05) is 13.8 Å². The average molecular weight is 400 g/mol. The van der Waals surface area contributed by atoms with Gasteiger partial charge in [-0.25, -0.2) is 8.42 Å². The van der Waals surface area contributed by atoms with Gasteiger partial charge in [0.05, 0.1) is 10.5 Å². The Bertz CT molecular complexity index is 927. The third kappa shape index (κ3) is 5.46. The third-order valence-corrected chi connectivity index (χ3v) is 5.22. The first kappa shape index (κ1) is 20.8. The maximum Gasteiger partial charge on any atom is 0.416 e.